The average molecular weight is 911 g/mol. The van der Waals surface area contributed by atoms with Crippen LogP contribution < -0.4 is 10.6 Å². The van der Waals surface area contributed by atoms with Crippen molar-refractivity contribution in [3.05, 3.63) is 0 Å². The van der Waals surface area contributed by atoms with Gasteiger partial charge in [0.1, 0.15) is 122 Å². The van der Waals surface area contributed by atoms with Crippen LogP contribution in [-0.4, -0.2) is 275 Å². The minimum absolute atomic E-state index is 0.673. The van der Waals surface area contributed by atoms with Crippen LogP contribution in [0.3, 0.4) is 0 Å². The first-order valence-corrected chi connectivity index (χ1v) is 19.6. The van der Waals surface area contributed by atoms with E-state index >= 15 is 0 Å². The molecule has 28 nitrogen and oxygen atoms in total. The number of nitrogens with one attached hydrogen (secondary N) is 2. The number of hydrogen-bond donors (Lipinski definition) is 17. The summed E-state index contributed by atoms with van der Waals surface area (Å²) in [7, 11) is 0. The molecule has 0 aromatic heterocycles. The number of carbonyl (C=O) groups excluding carboxylic acids is 2. The molecule has 0 spiro atoms. The zero-order chi connectivity index (χ0) is 45.9. The predicted octanol–water partition coefficient (Wildman–Crippen LogP) is -11.6. The molecule has 0 aliphatic carbocycles. The van der Waals surface area contributed by atoms with Gasteiger partial charge in [0.2, 0.25) is 11.8 Å². The third-order valence-electron chi connectivity index (χ3n) is 11.1. The largest absolute Gasteiger partial charge is 0.394 e. The maximum atomic E-state index is 12.6. The van der Waals surface area contributed by atoms with Crippen LogP contribution in [0, 0.1) is 0 Å². The summed E-state index contributed by atoms with van der Waals surface area (Å²) in [6.45, 7) is -2.21. The van der Waals surface area contributed by atoms with Crippen molar-refractivity contribution >= 4 is 11.8 Å². The Bertz CT molecular complexity index is 1440. The lowest BCUT2D eigenvalue weighted by molar-refractivity contribution is -0.380. The van der Waals surface area contributed by atoms with E-state index in [1.165, 1.54) is 0 Å². The van der Waals surface area contributed by atoms with E-state index in [0.717, 1.165) is 13.8 Å². The molecule has 17 N–H and O–H groups in total. The van der Waals surface area contributed by atoms with E-state index in [9.17, 15) is 86.2 Å². The zero-order valence-corrected chi connectivity index (χ0v) is 33.2. The average Bonchev–Trinajstić information content (AvgIpc) is 3.23. The van der Waals surface area contributed by atoms with E-state index in [4.69, 9.17) is 42.6 Å². The van der Waals surface area contributed by atoms with Crippen molar-refractivity contribution in [1.82, 2.24) is 10.6 Å². The number of ether oxygens (including phenoxy) is 9. The smallest absolute Gasteiger partial charge is 0.217 e. The lowest BCUT2D eigenvalue weighted by Gasteiger charge is -2.50. The van der Waals surface area contributed by atoms with E-state index in [1.54, 1.807) is 0 Å². The second-order valence-corrected chi connectivity index (χ2v) is 15.5. The second kappa shape index (κ2) is 22.0. The van der Waals surface area contributed by atoms with Crippen LogP contribution >= 0.6 is 0 Å². The fourth-order valence-corrected chi connectivity index (χ4v) is 7.72. The van der Waals surface area contributed by atoms with Gasteiger partial charge in [-0.25, -0.2) is 0 Å². The lowest BCUT2D eigenvalue weighted by Crippen LogP contribution is -2.70. The van der Waals surface area contributed by atoms with Crippen LogP contribution in [0.1, 0.15) is 13.8 Å². The summed E-state index contributed by atoms with van der Waals surface area (Å²) < 4.78 is 50.5. The van der Waals surface area contributed by atoms with Gasteiger partial charge in [-0.1, -0.05) is 0 Å². The van der Waals surface area contributed by atoms with Crippen molar-refractivity contribution in [3.63, 3.8) is 0 Å². The van der Waals surface area contributed by atoms with Gasteiger partial charge in [-0.15, -0.1) is 0 Å². The van der Waals surface area contributed by atoms with Gasteiger partial charge in [0.15, 0.2) is 31.5 Å². The molecule has 5 rings (SSSR count). The lowest BCUT2D eigenvalue weighted by atomic mass is 9.94. The highest BCUT2D eigenvalue weighted by Gasteiger charge is 2.56. The van der Waals surface area contributed by atoms with E-state index in [-0.39, 0.29) is 0 Å². The van der Waals surface area contributed by atoms with Crippen molar-refractivity contribution in [2.75, 3.05) is 33.0 Å². The highest BCUT2D eigenvalue weighted by atomic mass is 16.8. The quantitative estimate of drug-likeness (QED) is 0.0725. The Kier molecular flexibility index (Phi) is 18.1. The van der Waals surface area contributed by atoms with Crippen molar-refractivity contribution in [1.29, 1.82) is 0 Å². The second-order valence-electron chi connectivity index (χ2n) is 15.5. The number of rotatable bonds is 15. The fraction of sp³-hybridized carbons (Fsp3) is 0.941. The van der Waals surface area contributed by atoms with Crippen molar-refractivity contribution in [2.24, 2.45) is 0 Å². The Balaban J connectivity index is 1.36. The van der Waals surface area contributed by atoms with Crippen molar-refractivity contribution in [3.8, 4) is 0 Å². The third kappa shape index (κ3) is 11.0. The first-order valence-electron chi connectivity index (χ1n) is 19.6. The summed E-state index contributed by atoms with van der Waals surface area (Å²) in [5.74, 6) is -1.50. The predicted molar refractivity (Wildman–Crippen MR) is 190 cm³/mol. The minimum atomic E-state index is -2.13. The van der Waals surface area contributed by atoms with Crippen LogP contribution in [0.15, 0.2) is 0 Å². The van der Waals surface area contributed by atoms with Gasteiger partial charge in [0.05, 0.1) is 33.0 Å². The minimum Gasteiger partial charge on any atom is -0.394 e. The summed E-state index contributed by atoms with van der Waals surface area (Å²) in [5.41, 5.74) is 0. The molecule has 2 amide bonds. The monoisotopic (exact) mass is 910 g/mol. The molecule has 62 heavy (non-hydrogen) atoms. The van der Waals surface area contributed by atoms with Gasteiger partial charge >= 0.3 is 0 Å². The normalized spacial score (nSPS) is 49.0. The van der Waals surface area contributed by atoms with Gasteiger partial charge in [-0.05, 0) is 0 Å². The number of amides is 2. The van der Waals surface area contributed by atoms with Gasteiger partial charge in [0, 0.05) is 13.8 Å². The molecular formula is C34H58N2O26. The van der Waals surface area contributed by atoms with E-state index in [0.29, 0.717) is 0 Å². The molecular weight excluding hydrogens is 852 g/mol. The van der Waals surface area contributed by atoms with E-state index in [1.807, 2.05) is 0 Å². The maximum absolute atomic E-state index is 12.6. The Labute approximate surface area is 351 Å². The summed E-state index contributed by atoms with van der Waals surface area (Å²) >= 11 is 0. The Morgan fingerprint density at radius 1 is 0.419 bits per heavy atom. The number of hydrogen-bond acceptors (Lipinski definition) is 26. The van der Waals surface area contributed by atoms with E-state index < -0.39 is 198 Å². The first kappa shape index (κ1) is 51.0. The molecule has 5 heterocycles. The van der Waals surface area contributed by atoms with Crippen LogP contribution in [0.4, 0.5) is 0 Å². The molecule has 0 aromatic carbocycles. The van der Waals surface area contributed by atoms with Crippen molar-refractivity contribution in [2.45, 2.75) is 167 Å². The summed E-state index contributed by atoms with van der Waals surface area (Å²) in [5, 5.41) is 163. The summed E-state index contributed by atoms with van der Waals surface area (Å²) in [4.78, 5) is 24.4. The molecule has 5 saturated heterocycles. The molecule has 25 atom stereocenters. The van der Waals surface area contributed by atoms with Gasteiger partial charge in [-0.2, -0.15) is 0 Å². The van der Waals surface area contributed by atoms with Crippen LogP contribution in [-0.2, 0) is 52.2 Å². The molecule has 28 heteroatoms. The Morgan fingerprint density at radius 3 is 1.37 bits per heavy atom. The molecule has 0 unspecified atom stereocenters. The SMILES string of the molecule is CC(=O)N[C@H]1[C@H](OC[C@H]2O[C@@H](O)[C@H](O)[C@@H](O[C@@H]3O[C@H](CO)[C@@H](O)[C@H](O[C@@H]4O[C@H](CO)[C@H](O)[C@H](O[C@H]5O[C@H](CO)[C@H](O)[C@H](O)[C@H]5O)[C@H]4O)[C@H]3NC(C)=O)[C@H]2O)O[C@H](CO)[C@@H](O)[C@@H]1O. The number of aliphatic hydroxyl groups is 15. The first-order chi connectivity index (χ1) is 29.3. The van der Waals surface area contributed by atoms with Crippen molar-refractivity contribution < 1.29 is 129 Å². The van der Waals surface area contributed by atoms with Gasteiger partial charge < -0.3 is 130 Å². The highest BCUT2D eigenvalue weighted by Crippen LogP contribution is 2.35. The molecule has 0 aromatic rings. The molecule has 0 saturated carbocycles. The zero-order valence-electron chi connectivity index (χ0n) is 33.2. The standard InChI is InChI=1S/C34H58N2O26/c1-8(41)35-15-22(48)17(43)10(3-37)56-31(15)54-7-14-21(47)28(25(51)30(53)55-14)61-32-16(36-9(2)42)27(19(45)12(5-39)57-32)60-34-26(52)29(20(46)13(6-40)59-34)62-33-24(50)23(49)18(44)11(4-38)58-33/h10-34,37-40,43-53H,3-7H2,1-2H3,(H,35,41)(H,36,42)/t10-,11-,12-,13-,14-,15-,16-,17-,18+,19-,20+,21+,22-,23+,24-,25-,26-,27-,28+,29+,30-,31-,32+,33-,34+/m1/s1. The van der Waals surface area contributed by atoms with E-state index in [2.05, 4.69) is 10.6 Å². The van der Waals surface area contributed by atoms with Crippen LogP contribution in [0.5, 0.6) is 0 Å². The van der Waals surface area contributed by atoms with Gasteiger partial charge in [-0.3, -0.25) is 9.59 Å². The Hall–Kier alpha value is -2.02. The molecule has 360 valence electrons. The number of carbonyl (C=O) groups is 2. The highest BCUT2D eigenvalue weighted by molar-refractivity contribution is 5.73. The Morgan fingerprint density at radius 2 is 0.823 bits per heavy atom. The maximum Gasteiger partial charge on any atom is 0.217 e. The summed E-state index contributed by atoms with van der Waals surface area (Å²) in [6, 6.07) is -3.14. The number of aliphatic hydroxyl groups excluding tert-OH is 15. The molecule has 0 bridgehead atoms. The van der Waals surface area contributed by atoms with Crippen LogP contribution in [0.2, 0.25) is 0 Å². The van der Waals surface area contributed by atoms with Crippen LogP contribution in [0.25, 0.3) is 0 Å². The fourth-order valence-electron chi connectivity index (χ4n) is 7.72. The molecule has 5 aliphatic heterocycles. The topological polar surface area (TPSA) is 445 Å². The summed E-state index contributed by atoms with van der Waals surface area (Å²) in [6.07, 6.45) is -42.2. The third-order valence-corrected chi connectivity index (χ3v) is 11.1. The molecule has 5 fully saturated rings. The molecule has 0 radical (unpaired) electrons. The van der Waals surface area contributed by atoms with Gasteiger partial charge in [0.25, 0.3) is 0 Å². The molecule has 5 aliphatic rings.